The number of hydrogen-bond donors (Lipinski definition) is 2. The largest absolute Gasteiger partial charge is 0.445 e. The smallest absolute Gasteiger partial charge is 0.410 e. The van der Waals surface area contributed by atoms with E-state index in [9.17, 15) is 18.7 Å². The van der Waals surface area contributed by atoms with Gasteiger partial charge in [-0.3, -0.25) is 4.90 Å². The molecule has 0 unspecified atom stereocenters. The van der Waals surface area contributed by atoms with Crippen molar-refractivity contribution in [3.63, 3.8) is 0 Å². The first-order valence-electron chi connectivity index (χ1n) is 11.2. The van der Waals surface area contributed by atoms with E-state index in [-0.39, 0.29) is 24.1 Å². The molecule has 0 bridgehead atoms. The van der Waals surface area contributed by atoms with Gasteiger partial charge in [0.2, 0.25) is 0 Å². The molecule has 1 amide bonds. The van der Waals surface area contributed by atoms with Gasteiger partial charge in [0.15, 0.2) is 11.6 Å². The number of amides is 1. The van der Waals surface area contributed by atoms with Crippen LogP contribution in [-0.4, -0.2) is 72.4 Å². The van der Waals surface area contributed by atoms with Crippen molar-refractivity contribution in [2.45, 2.75) is 25.0 Å². The Morgan fingerprint density at radius 3 is 2.21 bits per heavy atom. The molecule has 2 aliphatic rings. The van der Waals surface area contributed by atoms with Crippen LogP contribution in [-0.2, 0) is 11.3 Å². The molecule has 0 spiro atoms. The second kappa shape index (κ2) is 9.93. The van der Waals surface area contributed by atoms with Gasteiger partial charge in [0.05, 0.1) is 5.60 Å². The molecule has 2 aromatic rings. The van der Waals surface area contributed by atoms with Crippen molar-refractivity contribution in [3.8, 4) is 0 Å². The number of halogens is 2. The van der Waals surface area contributed by atoms with Gasteiger partial charge in [-0.25, -0.2) is 13.6 Å². The molecular weight excluding hydrogens is 430 g/mol. The molecule has 0 atom stereocenters. The lowest BCUT2D eigenvalue weighted by molar-refractivity contribution is -0.0266. The summed E-state index contributed by atoms with van der Waals surface area (Å²) in [7, 11) is 0. The van der Waals surface area contributed by atoms with Crippen LogP contribution in [0.2, 0.25) is 0 Å². The molecule has 7 nitrogen and oxygen atoms in total. The average molecular weight is 461 g/mol. The second-order valence-corrected chi connectivity index (χ2v) is 8.85. The standard InChI is InChI=1S/C24H30F2N4O3/c25-20-14-19(27)15-21(26)22(20)29-8-6-24(32,7-9-29)17-28-10-12-30(13-11-28)23(31)33-16-18-4-2-1-3-5-18/h1-5,14-15,32H,6-13,16-17,27H2. The Morgan fingerprint density at radius 2 is 1.61 bits per heavy atom. The molecule has 2 saturated heterocycles. The number of nitrogen functional groups attached to an aromatic ring is 1. The van der Waals surface area contributed by atoms with Crippen LogP contribution in [0.4, 0.5) is 25.0 Å². The van der Waals surface area contributed by atoms with E-state index in [1.807, 2.05) is 30.3 Å². The first-order valence-corrected chi connectivity index (χ1v) is 11.2. The van der Waals surface area contributed by atoms with E-state index in [0.717, 1.165) is 17.7 Å². The van der Waals surface area contributed by atoms with Gasteiger partial charge >= 0.3 is 6.09 Å². The number of β-amino-alcohol motifs (C(OH)–C–C–N with tert-alkyl or cyclic N) is 1. The van der Waals surface area contributed by atoms with Crippen molar-refractivity contribution in [2.24, 2.45) is 0 Å². The van der Waals surface area contributed by atoms with E-state index >= 15 is 0 Å². The predicted molar refractivity (Wildman–Crippen MR) is 122 cm³/mol. The maximum atomic E-state index is 14.2. The van der Waals surface area contributed by atoms with E-state index in [1.54, 1.807) is 9.80 Å². The van der Waals surface area contributed by atoms with E-state index in [4.69, 9.17) is 10.5 Å². The van der Waals surface area contributed by atoms with Crippen molar-refractivity contribution in [2.75, 3.05) is 56.4 Å². The molecule has 0 saturated carbocycles. The highest BCUT2D eigenvalue weighted by molar-refractivity contribution is 5.67. The van der Waals surface area contributed by atoms with Crippen molar-refractivity contribution >= 4 is 17.5 Å². The number of piperidine rings is 1. The normalized spacial score (nSPS) is 18.9. The zero-order chi connectivity index (χ0) is 23.4. The third-order valence-corrected chi connectivity index (χ3v) is 6.40. The lowest BCUT2D eigenvalue weighted by Crippen LogP contribution is -2.56. The summed E-state index contributed by atoms with van der Waals surface area (Å²) in [6.45, 7) is 3.71. The Morgan fingerprint density at radius 1 is 1.00 bits per heavy atom. The Kier molecular flexibility index (Phi) is 6.99. The van der Waals surface area contributed by atoms with Gasteiger partial charge in [0.25, 0.3) is 0 Å². The predicted octanol–water partition coefficient (Wildman–Crippen LogP) is 2.83. The van der Waals surface area contributed by atoms with Crippen molar-refractivity contribution in [1.29, 1.82) is 0 Å². The average Bonchev–Trinajstić information content (AvgIpc) is 2.79. The van der Waals surface area contributed by atoms with Crippen LogP contribution < -0.4 is 10.6 Å². The van der Waals surface area contributed by atoms with Crippen molar-refractivity contribution in [1.82, 2.24) is 9.80 Å². The van der Waals surface area contributed by atoms with E-state index in [1.165, 1.54) is 0 Å². The number of hydrogen-bond acceptors (Lipinski definition) is 6. The molecule has 2 fully saturated rings. The van der Waals surface area contributed by atoms with Gasteiger partial charge in [-0.15, -0.1) is 0 Å². The molecule has 2 aliphatic heterocycles. The minimum Gasteiger partial charge on any atom is -0.445 e. The minimum absolute atomic E-state index is 0.0466. The molecule has 0 aliphatic carbocycles. The summed E-state index contributed by atoms with van der Waals surface area (Å²) in [5.74, 6) is -1.37. The molecule has 4 rings (SSSR count). The molecule has 2 aromatic carbocycles. The number of nitrogens with zero attached hydrogens (tertiary/aromatic N) is 3. The summed E-state index contributed by atoms with van der Waals surface area (Å²) in [6, 6.07) is 11.8. The van der Waals surface area contributed by atoms with Crippen LogP contribution in [0, 0.1) is 11.6 Å². The van der Waals surface area contributed by atoms with Crippen molar-refractivity contribution in [3.05, 3.63) is 59.7 Å². The zero-order valence-corrected chi connectivity index (χ0v) is 18.6. The van der Waals surface area contributed by atoms with Crippen LogP contribution in [0.3, 0.4) is 0 Å². The summed E-state index contributed by atoms with van der Waals surface area (Å²) >= 11 is 0. The van der Waals surface area contributed by atoms with Gasteiger partial charge in [0, 0.05) is 51.5 Å². The summed E-state index contributed by atoms with van der Waals surface area (Å²) in [6.07, 6.45) is 0.462. The van der Waals surface area contributed by atoms with Crippen LogP contribution in [0.25, 0.3) is 0 Å². The van der Waals surface area contributed by atoms with E-state index < -0.39 is 17.2 Å². The van der Waals surface area contributed by atoms with Gasteiger partial charge in [-0.2, -0.15) is 0 Å². The molecule has 9 heteroatoms. The maximum Gasteiger partial charge on any atom is 0.410 e. The highest BCUT2D eigenvalue weighted by atomic mass is 19.1. The highest BCUT2D eigenvalue weighted by Gasteiger charge is 2.36. The van der Waals surface area contributed by atoms with Crippen LogP contribution in [0.15, 0.2) is 42.5 Å². The fourth-order valence-electron chi connectivity index (χ4n) is 4.51. The number of carbonyl (C=O) groups is 1. The molecule has 178 valence electrons. The van der Waals surface area contributed by atoms with Crippen LogP contribution in [0.1, 0.15) is 18.4 Å². The molecular formula is C24H30F2N4O3. The first-order chi connectivity index (χ1) is 15.8. The van der Waals surface area contributed by atoms with Gasteiger partial charge in [-0.05, 0) is 30.5 Å². The number of rotatable bonds is 5. The number of piperazine rings is 1. The quantitative estimate of drug-likeness (QED) is 0.668. The second-order valence-electron chi connectivity index (χ2n) is 8.85. The zero-order valence-electron chi connectivity index (χ0n) is 18.6. The first kappa shape index (κ1) is 23.3. The minimum atomic E-state index is -0.937. The number of nitrogens with two attached hydrogens (primary N) is 1. The maximum absolute atomic E-state index is 14.2. The number of aliphatic hydroxyl groups is 1. The topological polar surface area (TPSA) is 82.3 Å². The molecule has 2 heterocycles. The summed E-state index contributed by atoms with van der Waals surface area (Å²) in [5, 5.41) is 11.1. The third-order valence-electron chi connectivity index (χ3n) is 6.40. The highest BCUT2D eigenvalue weighted by Crippen LogP contribution is 2.32. The van der Waals surface area contributed by atoms with Gasteiger partial charge in [0.1, 0.15) is 12.3 Å². The van der Waals surface area contributed by atoms with E-state index in [0.29, 0.717) is 58.7 Å². The summed E-state index contributed by atoms with van der Waals surface area (Å²) < 4.78 is 33.9. The molecule has 3 N–H and O–H groups in total. The fourth-order valence-corrected chi connectivity index (χ4v) is 4.51. The SMILES string of the molecule is Nc1cc(F)c(N2CCC(O)(CN3CCN(C(=O)OCc4ccccc4)CC3)CC2)c(F)c1. The van der Waals surface area contributed by atoms with Crippen molar-refractivity contribution < 1.29 is 23.4 Å². The molecule has 0 radical (unpaired) electrons. The van der Waals surface area contributed by atoms with E-state index in [2.05, 4.69) is 4.90 Å². The number of ether oxygens (including phenoxy) is 1. The third kappa shape index (κ3) is 5.72. The van der Waals surface area contributed by atoms with Crippen LogP contribution in [0.5, 0.6) is 0 Å². The number of benzene rings is 2. The Hall–Kier alpha value is -2.91. The molecule has 33 heavy (non-hydrogen) atoms. The number of carbonyl (C=O) groups excluding carboxylic acids is 1. The molecule has 0 aromatic heterocycles. The Labute approximate surface area is 192 Å². The summed E-state index contributed by atoms with van der Waals surface area (Å²) in [5.41, 5.74) is 5.46. The lowest BCUT2D eigenvalue weighted by Gasteiger charge is -2.43. The fraction of sp³-hybridized carbons (Fsp3) is 0.458. The number of anilines is 2. The lowest BCUT2D eigenvalue weighted by atomic mass is 9.90. The Balaban J connectivity index is 1.23. The van der Waals surface area contributed by atoms with Crippen LogP contribution >= 0.6 is 0 Å². The monoisotopic (exact) mass is 460 g/mol. The Bertz CT molecular complexity index is 936. The summed E-state index contributed by atoms with van der Waals surface area (Å²) in [4.78, 5) is 17.8. The van der Waals surface area contributed by atoms with Gasteiger partial charge in [-0.1, -0.05) is 30.3 Å². The van der Waals surface area contributed by atoms with Gasteiger partial charge < -0.3 is 25.4 Å².